The number of rotatable bonds is 6. The standard InChI is InChI=1S/C20H22N2O2/c1-23-19-7-6-15(13-20(19)24-18-4-2-3-5-18)12-17(14-21)16-8-10-22-11-9-16/h6-11,13,17-18H,2-5,12H2,1H3. The van der Waals surface area contributed by atoms with Crippen LogP contribution in [0.5, 0.6) is 11.5 Å². The monoisotopic (exact) mass is 322 g/mol. The summed E-state index contributed by atoms with van der Waals surface area (Å²) in [6, 6.07) is 12.1. The molecule has 0 radical (unpaired) electrons. The maximum Gasteiger partial charge on any atom is 0.161 e. The van der Waals surface area contributed by atoms with E-state index in [4.69, 9.17) is 9.47 Å². The number of hydrogen-bond acceptors (Lipinski definition) is 4. The van der Waals surface area contributed by atoms with Crippen molar-refractivity contribution in [2.45, 2.75) is 44.1 Å². The normalized spacial score (nSPS) is 15.7. The lowest BCUT2D eigenvalue weighted by atomic mass is 9.94. The highest BCUT2D eigenvalue weighted by Crippen LogP contribution is 2.33. The molecule has 4 nitrogen and oxygen atoms in total. The maximum atomic E-state index is 9.51. The van der Waals surface area contributed by atoms with Crippen molar-refractivity contribution in [2.24, 2.45) is 0 Å². The van der Waals surface area contributed by atoms with Crippen LogP contribution in [0.4, 0.5) is 0 Å². The summed E-state index contributed by atoms with van der Waals surface area (Å²) in [5, 5.41) is 9.51. The van der Waals surface area contributed by atoms with E-state index in [2.05, 4.69) is 11.1 Å². The van der Waals surface area contributed by atoms with Crippen molar-refractivity contribution in [3.63, 3.8) is 0 Å². The Bertz CT molecular complexity index is 703. The van der Waals surface area contributed by atoms with Gasteiger partial charge >= 0.3 is 0 Å². The zero-order valence-electron chi connectivity index (χ0n) is 13.9. The van der Waals surface area contributed by atoms with E-state index >= 15 is 0 Å². The Morgan fingerprint density at radius 1 is 1.17 bits per heavy atom. The van der Waals surface area contributed by atoms with Gasteiger partial charge in [0.25, 0.3) is 0 Å². The molecule has 2 aromatic rings. The fourth-order valence-electron chi connectivity index (χ4n) is 3.20. The molecule has 1 heterocycles. The summed E-state index contributed by atoms with van der Waals surface area (Å²) in [5.41, 5.74) is 2.06. The molecule has 1 saturated carbocycles. The summed E-state index contributed by atoms with van der Waals surface area (Å²) >= 11 is 0. The van der Waals surface area contributed by atoms with E-state index in [1.165, 1.54) is 12.8 Å². The molecule has 0 saturated heterocycles. The Morgan fingerprint density at radius 2 is 1.92 bits per heavy atom. The van der Waals surface area contributed by atoms with Crippen LogP contribution in [0.1, 0.15) is 42.7 Å². The van der Waals surface area contributed by atoms with Crippen molar-refractivity contribution in [3.05, 3.63) is 53.9 Å². The molecule has 3 rings (SSSR count). The van der Waals surface area contributed by atoms with Crippen LogP contribution in [-0.2, 0) is 6.42 Å². The molecule has 0 aliphatic heterocycles. The van der Waals surface area contributed by atoms with Crippen molar-refractivity contribution in [1.82, 2.24) is 4.98 Å². The highest BCUT2D eigenvalue weighted by atomic mass is 16.5. The predicted octanol–water partition coefficient (Wildman–Crippen LogP) is 4.26. The largest absolute Gasteiger partial charge is 0.493 e. The fourth-order valence-corrected chi connectivity index (χ4v) is 3.20. The van der Waals surface area contributed by atoms with Gasteiger partial charge in [0.2, 0.25) is 0 Å². The Hall–Kier alpha value is -2.54. The Balaban J connectivity index is 1.79. The van der Waals surface area contributed by atoms with E-state index in [-0.39, 0.29) is 12.0 Å². The van der Waals surface area contributed by atoms with Gasteiger partial charge in [0.05, 0.1) is 25.2 Å². The Labute approximate surface area is 143 Å². The van der Waals surface area contributed by atoms with Gasteiger partial charge < -0.3 is 9.47 Å². The molecule has 1 aromatic heterocycles. The highest BCUT2D eigenvalue weighted by Gasteiger charge is 2.19. The van der Waals surface area contributed by atoms with Crippen LogP contribution in [-0.4, -0.2) is 18.2 Å². The second-order valence-electron chi connectivity index (χ2n) is 6.18. The smallest absolute Gasteiger partial charge is 0.161 e. The zero-order chi connectivity index (χ0) is 16.8. The number of nitrogens with zero attached hydrogens (tertiary/aromatic N) is 2. The quantitative estimate of drug-likeness (QED) is 0.797. The van der Waals surface area contributed by atoms with E-state index in [9.17, 15) is 5.26 Å². The van der Waals surface area contributed by atoms with Gasteiger partial charge in [0.15, 0.2) is 11.5 Å². The van der Waals surface area contributed by atoms with Crippen LogP contribution in [0.2, 0.25) is 0 Å². The summed E-state index contributed by atoms with van der Waals surface area (Å²) in [5.74, 6) is 1.34. The van der Waals surface area contributed by atoms with Crippen LogP contribution >= 0.6 is 0 Å². The van der Waals surface area contributed by atoms with Crippen LogP contribution in [0, 0.1) is 11.3 Å². The molecule has 1 atom stereocenters. The van der Waals surface area contributed by atoms with Crippen molar-refractivity contribution < 1.29 is 9.47 Å². The minimum absolute atomic E-state index is 0.194. The van der Waals surface area contributed by atoms with E-state index < -0.39 is 0 Å². The first-order chi connectivity index (χ1) is 11.8. The average Bonchev–Trinajstić information content (AvgIpc) is 3.14. The SMILES string of the molecule is COc1ccc(CC(C#N)c2ccncc2)cc1OC1CCCC1. The molecule has 4 heteroatoms. The molecular weight excluding hydrogens is 300 g/mol. The van der Waals surface area contributed by atoms with Gasteiger partial charge in [0.1, 0.15) is 0 Å². The highest BCUT2D eigenvalue weighted by molar-refractivity contribution is 5.44. The number of hydrogen-bond donors (Lipinski definition) is 0. The predicted molar refractivity (Wildman–Crippen MR) is 92.2 cm³/mol. The van der Waals surface area contributed by atoms with Gasteiger partial charge in [-0.1, -0.05) is 6.07 Å². The van der Waals surface area contributed by atoms with E-state index in [0.717, 1.165) is 35.5 Å². The summed E-state index contributed by atoms with van der Waals surface area (Å²) in [7, 11) is 1.66. The average molecular weight is 322 g/mol. The van der Waals surface area contributed by atoms with Crippen molar-refractivity contribution >= 4 is 0 Å². The van der Waals surface area contributed by atoms with E-state index in [1.54, 1.807) is 19.5 Å². The molecule has 0 N–H and O–H groups in total. The van der Waals surface area contributed by atoms with Crippen LogP contribution in [0.15, 0.2) is 42.7 Å². The van der Waals surface area contributed by atoms with Crippen molar-refractivity contribution in [3.8, 4) is 17.6 Å². The third-order valence-corrected chi connectivity index (χ3v) is 4.53. The molecule has 1 unspecified atom stereocenters. The first kappa shape index (κ1) is 16.3. The molecule has 1 fully saturated rings. The molecule has 24 heavy (non-hydrogen) atoms. The number of pyridine rings is 1. The van der Waals surface area contributed by atoms with Crippen molar-refractivity contribution in [2.75, 3.05) is 7.11 Å². The first-order valence-corrected chi connectivity index (χ1v) is 8.43. The minimum Gasteiger partial charge on any atom is -0.493 e. The van der Waals surface area contributed by atoms with Crippen LogP contribution in [0.25, 0.3) is 0 Å². The molecule has 1 aromatic carbocycles. The number of aromatic nitrogens is 1. The van der Waals surface area contributed by atoms with E-state index in [0.29, 0.717) is 6.42 Å². The number of methoxy groups -OCH3 is 1. The van der Waals surface area contributed by atoms with Gasteiger partial charge in [-0.15, -0.1) is 0 Å². The summed E-state index contributed by atoms with van der Waals surface area (Å²) in [6.45, 7) is 0. The molecule has 0 amide bonds. The molecule has 0 spiro atoms. The lowest BCUT2D eigenvalue weighted by molar-refractivity contribution is 0.200. The van der Waals surface area contributed by atoms with Gasteiger partial charge in [-0.3, -0.25) is 4.98 Å². The van der Waals surface area contributed by atoms with Crippen LogP contribution < -0.4 is 9.47 Å². The topological polar surface area (TPSA) is 55.1 Å². The van der Waals surface area contributed by atoms with Crippen molar-refractivity contribution in [1.29, 1.82) is 5.26 Å². The maximum absolute atomic E-state index is 9.51. The first-order valence-electron chi connectivity index (χ1n) is 8.43. The number of ether oxygens (including phenoxy) is 2. The third-order valence-electron chi connectivity index (χ3n) is 4.53. The Kier molecular flexibility index (Phi) is 5.32. The van der Waals surface area contributed by atoms with Gasteiger partial charge in [-0.25, -0.2) is 0 Å². The molecule has 1 aliphatic rings. The van der Waals surface area contributed by atoms with E-state index in [1.807, 2.05) is 30.3 Å². The summed E-state index contributed by atoms with van der Waals surface area (Å²) < 4.78 is 11.6. The number of nitriles is 1. The summed E-state index contributed by atoms with van der Waals surface area (Å²) in [4.78, 5) is 4.02. The second-order valence-corrected chi connectivity index (χ2v) is 6.18. The third kappa shape index (κ3) is 3.86. The van der Waals surface area contributed by atoms with Gasteiger partial charge in [0, 0.05) is 12.4 Å². The second kappa shape index (κ2) is 7.83. The lowest BCUT2D eigenvalue weighted by Crippen LogP contribution is -2.12. The molecular formula is C20H22N2O2. The minimum atomic E-state index is -0.194. The summed E-state index contributed by atoms with van der Waals surface area (Å²) in [6.07, 6.45) is 9.03. The van der Waals surface area contributed by atoms with Crippen LogP contribution in [0.3, 0.4) is 0 Å². The zero-order valence-corrected chi connectivity index (χ0v) is 13.9. The fraction of sp³-hybridized carbons (Fsp3) is 0.400. The molecule has 0 bridgehead atoms. The number of benzene rings is 1. The lowest BCUT2D eigenvalue weighted by Gasteiger charge is -2.17. The molecule has 124 valence electrons. The van der Waals surface area contributed by atoms with Gasteiger partial charge in [-0.2, -0.15) is 5.26 Å². The Morgan fingerprint density at radius 3 is 2.58 bits per heavy atom. The van der Waals surface area contributed by atoms with Gasteiger partial charge in [-0.05, 0) is 67.5 Å². The molecule has 1 aliphatic carbocycles.